The third-order valence-corrected chi connectivity index (χ3v) is 5.06. The van der Waals surface area contributed by atoms with Crippen LogP contribution in [0.3, 0.4) is 0 Å². The fraction of sp³-hybridized carbons (Fsp3) is 0.542. The predicted molar refractivity (Wildman–Crippen MR) is 121 cm³/mol. The van der Waals surface area contributed by atoms with Gasteiger partial charge < -0.3 is 29.1 Å². The molecule has 3 rings (SSSR count). The van der Waals surface area contributed by atoms with E-state index in [2.05, 4.69) is 15.0 Å². The third kappa shape index (κ3) is 7.30. The van der Waals surface area contributed by atoms with E-state index in [-0.39, 0.29) is 34.8 Å². The van der Waals surface area contributed by atoms with Crippen LogP contribution in [0.2, 0.25) is 0 Å². The van der Waals surface area contributed by atoms with Crippen LogP contribution in [0.5, 0.6) is 11.5 Å². The lowest BCUT2D eigenvalue weighted by Crippen LogP contribution is -2.37. The molecule has 1 aliphatic carbocycles. The number of benzene rings is 1. The number of ether oxygens (including phenoxy) is 3. The molecule has 1 amide bonds. The Morgan fingerprint density at radius 2 is 1.91 bits per heavy atom. The minimum atomic E-state index is -3.04. The highest BCUT2D eigenvalue weighted by atomic mass is 19.3. The summed E-state index contributed by atoms with van der Waals surface area (Å²) >= 11 is 0. The highest BCUT2D eigenvalue weighted by molar-refractivity contribution is 5.87. The highest BCUT2D eigenvalue weighted by Crippen LogP contribution is 2.37. The number of aromatic carboxylic acids is 1. The Kier molecular flexibility index (Phi) is 7.86. The molecule has 0 saturated heterocycles. The smallest absolute Gasteiger partial charge is 0.408 e. The molecule has 9 nitrogen and oxygen atoms in total. The molecule has 1 aliphatic rings. The molecule has 0 spiro atoms. The molecular formula is C24H30F2N2O7. The van der Waals surface area contributed by atoms with E-state index < -0.39 is 30.3 Å². The Labute approximate surface area is 201 Å². The molecule has 192 valence electrons. The van der Waals surface area contributed by atoms with Crippen molar-refractivity contribution in [3.05, 3.63) is 29.7 Å². The normalized spacial score (nSPS) is 14.7. The first kappa shape index (κ1) is 26.2. The van der Waals surface area contributed by atoms with Crippen LogP contribution in [0.1, 0.15) is 69.8 Å². The maximum atomic E-state index is 12.8. The molecule has 1 heterocycles. The van der Waals surface area contributed by atoms with Gasteiger partial charge in [-0.15, -0.1) is 0 Å². The van der Waals surface area contributed by atoms with E-state index in [0.717, 1.165) is 12.8 Å². The van der Waals surface area contributed by atoms with E-state index in [4.69, 9.17) is 13.9 Å². The molecule has 11 heteroatoms. The Hall–Kier alpha value is -3.37. The Bertz CT molecular complexity index is 1060. The lowest BCUT2D eigenvalue weighted by atomic mass is 10.0. The molecule has 1 saturated carbocycles. The van der Waals surface area contributed by atoms with Crippen LogP contribution in [-0.2, 0) is 4.74 Å². The van der Waals surface area contributed by atoms with Crippen molar-refractivity contribution in [2.24, 2.45) is 11.8 Å². The van der Waals surface area contributed by atoms with Crippen molar-refractivity contribution in [3.63, 3.8) is 0 Å². The van der Waals surface area contributed by atoms with Gasteiger partial charge in [0.2, 0.25) is 5.89 Å². The molecule has 0 aliphatic heterocycles. The van der Waals surface area contributed by atoms with Gasteiger partial charge in [0.25, 0.3) is 0 Å². The number of carbonyl (C=O) groups is 2. The number of carboxylic acid groups (broad SMARTS) is 1. The molecule has 0 unspecified atom stereocenters. The Morgan fingerprint density at radius 3 is 2.46 bits per heavy atom. The van der Waals surface area contributed by atoms with E-state index in [1.54, 1.807) is 34.6 Å². The molecule has 0 radical (unpaired) electrons. The van der Waals surface area contributed by atoms with Gasteiger partial charge in [0, 0.05) is 5.56 Å². The molecule has 1 aromatic heterocycles. The van der Waals surface area contributed by atoms with Crippen LogP contribution in [0.25, 0.3) is 11.5 Å². The van der Waals surface area contributed by atoms with Gasteiger partial charge in [0.05, 0.1) is 12.6 Å². The Morgan fingerprint density at radius 1 is 1.23 bits per heavy atom. The van der Waals surface area contributed by atoms with Crippen molar-refractivity contribution in [2.45, 2.75) is 65.7 Å². The largest absolute Gasteiger partial charge is 0.489 e. The molecule has 2 aromatic rings. The second-order valence-corrected chi connectivity index (χ2v) is 9.70. The number of aromatic nitrogens is 1. The number of alkyl halides is 2. The number of hydrogen-bond acceptors (Lipinski definition) is 7. The van der Waals surface area contributed by atoms with E-state index in [1.165, 1.54) is 18.2 Å². The van der Waals surface area contributed by atoms with E-state index in [1.807, 2.05) is 0 Å². The summed E-state index contributed by atoms with van der Waals surface area (Å²) in [4.78, 5) is 28.4. The van der Waals surface area contributed by atoms with Gasteiger partial charge in [-0.3, -0.25) is 0 Å². The van der Waals surface area contributed by atoms with E-state index in [9.17, 15) is 23.5 Å². The van der Waals surface area contributed by atoms with Gasteiger partial charge in [-0.25, -0.2) is 14.6 Å². The fourth-order valence-electron chi connectivity index (χ4n) is 3.23. The van der Waals surface area contributed by atoms with Crippen LogP contribution in [-0.4, -0.2) is 41.0 Å². The van der Waals surface area contributed by atoms with Gasteiger partial charge in [-0.05, 0) is 63.6 Å². The number of oxazole rings is 1. The minimum Gasteiger partial charge on any atom is -0.489 e. The molecule has 0 bridgehead atoms. The summed E-state index contributed by atoms with van der Waals surface area (Å²) in [6.07, 6.45) is 1.25. The van der Waals surface area contributed by atoms with E-state index in [0.29, 0.717) is 18.1 Å². The van der Waals surface area contributed by atoms with Gasteiger partial charge in [-0.2, -0.15) is 8.78 Å². The van der Waals surface area contributed by atoms with Crippen LogP contribution >= 0.6 is 0 Å². The van der Waals surface area contributed by atoms with Crippen molar-refractivity contribution < 1.29 is 42.1 Å². The number of rotatable bonds is 10. The number of amides is 1. The summed E-state index contributed by atoms with van der Waals surface area (Å²) < 4.78 is 47.0. The number of hydrogen-bond donors (Lipinski definition) is 2. The summed E-state index contributed by atoms with van der Waals surface area (Å²) in [7, 11) is 0. The monoisotopic (exact) mass is 496 g/mol. The van der Waals surface area contributed by atoms with Crippen molar-refractivity contribution in [3.8, 4) is 23.0 Å². The fourth-order valence-corrected chi connectivity index (χ4v) is 3.23. The van der Waals surface area contributed by atoms with Crippen molar-refractivity contribution in [1.82, 2.24) is 10.3 Å². The maximum absolute atomic E-state index is 12.8. The molecule has 1 aromatic carbocycles. The number of carbonyl (C=O) groups excluding carboxylic acids is 1. The number of carboxylic acids is 1. The predicted octanol–water partition coefficient (Wildman–Crippen LogP) is 5.65. The average Bonchev–Trinajstić information content (AvgIpc) is 3.45. The third-order valence-electron chi connectivity index (χ3n) is 5.06. The minimum absolute atomic E-state index is 0.0679. The SMILES string of the molecule is CC(C)[C@H](NC(=O)OC(C)(C)C)c1oc(-c2ccc(OC(F)F)c(OCC3CC3)c2)nc1C(=O)O. The summed E-state index contributed by atoms with van der Waals surface area (Å²) in [5.41, 5.74) is -0.846. The summed E-state index contributed by atoms with van der Waals surface area (Å²) in [5, 5.41) is 12.4. The molecule has 1 fully saturated rings. The zero-order chi connectivity index (χ0) is 25.9. The van der Waals surface area contributed by atoms with Crippen molar-refractivity contribution in [1.29, 1.82) is 0 Å². The van der Waals surface area contributed by atoms with Crippen molar-refractivity contribution >= 4 is 12.1 Å². The lowest BCUT2D eigenvalue weighted by Gasteiger charge is -2.24. The second-order valence-electron chi connectivity index (χ2n) is 9.70. The number of halogens is 2. The second kappa shape index (κ2) is 10.5. The molecule has 1 atom stereocenters. The quantitative estimate of drug-likeness (QED) is 0.433. The van der Waals surface area contributed by atoms with E-state index >= 15 is 0 Å². The standard InChI is InChI=1S/C24H30F2N2O7/c1-12(2)17(28-23(31)35-24(3,4)5)19-18(21(29)30)27-20(34-19)14-8-9-15(33-22(25)26)16(10-14)32-11-13-6-7-13/h8-10,12-13,17,22H,6-7,11H2,1-5H3,(H,28,31)(H,29,30)/t17-/m0/s1. The van der Waals surface area contributed by atoms with Gasteiger partial charge >= 0.3 is 18.7 Å². The number of alkyl carbamates (subject to hydrolysis) is 1. The maximum Gasteiger partial charge on any atom is 0.408 e. The van der Waals surface area contributed by atoms with Crippen LogP contribution in [0.15, 0.2) is 22.6 Å². The van der Waals surface area contributed by atoms with Crippen LogP contribution < -0.4 is 14.8 Å². The summed E-state index contributed by atoms with van der Waals surface area (Å²) in [6, 6.07) is 3.25. The number of nitrogens with zero attached hydrogens (tertiary/aromatic N) is 1. The zero-order valence-corrected chi connectivity index (χ0v) is 20.3. The molecule has 35 heavy (non-hydrogen) atoms. The summed E-state index contributed by atoms with van der Waals surface area (Å²) in [6.45, 7) is 5.97. The first-order chi connectivity index (χ1) is 16.3. The van der Waals surface area contributed by atoms with Gasteiger partial charge in [-0.1, -0.05) is 13.8 Å². The number of nitrogens with one attached hydrogen (secondary N) is 1. The van der Waals surface area contributed by atoms with Crippen molar-refractivity contribution in [2.75, 3.05) is 6.61 Å². The average molecular weight is 497 g/mol. The van der Waals surface area contributed by atoms with Crippen LogP contribution in [0, 0.1) is 11.8 Å². The highest BCUT2D eigenvalue weighted by Gasteiger charge is 2.32. The van der Waals surface area contributed by atoms with Crippen LogP contribution in [0.4, 0.5) is 13.6 Å². The summed E-state index contributed by atoms with van der Waals surface area (Å²) in [5.74, 6) is -1.50. The first-order valence-corrected chi connectivity index (χ1v) is 11.3. The lowest BCUT2D eigenvalue weighted by molar-refractivity contribution is -0.0515. The van der Waals surface area contributed by atoms with Gasteiger partial charge in [0.1, 0.15) is 5.60 Å². The van der Waals surface area contributed by atoms with Gasteiger partial charge in [0.15, 0.2) is 23.0 Å². The topological polar surface area (TPSA) is 120 Å². The molecular weight excluding hydrogens is 466 g/mol. The zero-order valence-electron chi connectivity index (χ0n) is 20.3. The first-order valence-electron chi connectivity index (χ1n) is 11.3. The molecule has 2 N–H and O–H groups in total. The Balaban J connectivity index is 1.96.